The van der Waals surface area contributed by atoms with E-state index in [9.17, 15) is 8.78 Å². The number of nitrogens with two attached hydrogens (primary N) is 1. The van der Waals surface area contributed by atoms with Crippen LogP contribution in [0.1, 0.15) is 16.5 Å². The third-order valence-electron chi connectivity index (χ3n) is 3.20. The summed E-state index contributed by atoms with van der Waals surface area (Å²) in [5, 5.41) is 4.97. The maximum Gasteiger partial charge on any atom is 0.123 e. The van der Waals surface area contributed by atoms with E-state index in [1.54, 1.807) is 36.0 Å². The van der Waals surface area contributed by atoms with Gasteiger partial charge in [0.15, 0.2) is 0 Å². The summed E-state index contributed by atoms with van der Waals surface area (Å²) in [4.78, 5) is 0. The Hall–Kier alpha value is -1.66. The molecule has 0 aliphatic carbocycles. The summed E-state index contributed by atoms with van der Waals surface area (Å²) in [6.07, 6.45) is 0. The molecule has 114 valence electrons. The molecule has 22 heavy (non-hydrogen) atoms. The number of hydrogen-bond acceptors (Lipinski definition) is 4. The third kappa shape index (κ3) is 3.56. The second kappa shape index (κ2) is 6.62. The first-order valence-electron chi connectivity index (χ1n) is 6.67. The summed E-state index contributed by atoms with van der Waals surface area (Å²) in [5.41, 5.74) is 8.06. The maximum absolute atomic E-state index is 13.0. The number of rotatable bonds is 4. The zero-order valence-electron chi connectivity index (χ0n) is 11.6. The van der Waals surface area contributed by atoms with E-state index >= 15 is 0 Å². The Morgan fingerprint density at radius 3 is 2.23 bits per heavy atom. The first kappa shape index (κ1) is 15.2. The van der Waals surface area contributed by atoms with Crippen molar-refractivity contribution in [3.63, 3.8) is 0 Å². The number of halogens is 2. The Kier molecular flexibility index (Phi) is 4.59. The van der Waals surface area contributed by atoms with Crippen LogP contribution in [0, 0.1) is 11.6 Å². The minimum atomic E-state index is -0.251. The van der Waals surface area contributed by atoms with Gasteiger partial charge in [0.1, 0.15) is 17.0 Å². The van der Waals surface area contributed by atoms with Crippen LogP contribution < -0.4 is 11.1 Å². The highest BCUT2D eigenvalue weighted by atomic mass is 32.2. The molecule has 0 bridgehead atoms. The SMILES string of the molecule is NC1=C(SCc2ccc(F)cc2)NC(c2ccc(F)cc2)S1. The maximum atomic E-state index is 13.0. The molecule has 1 aliphatic rings. The van der Waals surface area contributed by atoms with Crippen LogP contribution in [0.2, 0.25) is 0 Å². The highest BCUT2D eigenvalue weighted by Gasteiger charge is 2.24. The van der Waals surface area contributed by atoms with Crippen LogP contribution in [0.3, 0.4) is 0 Å². The molecule has 2 aromatic rings. The average molecular weight is 336 g/mol. The molecule has 0 fully saturated rings. The highest BCUT2D eigenvalue weighted by Crippen LogP contribution is 2.41. The van der Waals surface area contributed by atoms with Crippen LogP contribution in [0.4, 0.5) is 8.78 Å². The van der Waals surface area contributed by atoms with E-state index in [-0.39, 0.29) is 17.0 Å². The van der Waals surface area contributed by atoms with Crippen molar-refractivity contribution in [1.82, 2.24) is 5.32 Å². The van der Waals surface area contributed by atoms with Crippen molar-refractivity contribution in [2.75, 3.05) is 0 Å². The van der Waals surface area contributed by atoms with Gasteiger partial charge in [-0.2, -0.15) is 0 Å². The average Bonchev–Trinajstić information content (AvgIpc) is 2.88. The Bertz CT molecular complexity index is 684. The van der Waals surface area contributed by atoms with Gasteiger partial charge in [0.25, 0.3) is 0 Å². The zero-order chi connectivity index (χ0) is 15.5. The van der Waals surface area contributed by atoms with Gasteiger partial charge in [-0.15, -0.1) is 11.8 Å². The molecule has 0 aromatic heterocycles. The Morgan fingerprint density at radius 1 is 1.00 bits per heavy atom. The van der Waals surface area contributed by atoms with Crippen molar-refractivity contribution in [2.24, 2.45) is 5.73 Å². The number of thioether (sulfide) groups is 2. The standard InChI is InChI=1S/C16H14F2N2S2/c17-12-5-1-10(2-6-12)9-21-16-14(19)22-15(20-16)11-3-7-13(18)8-4-11/h1-8,15,20H,9,19H2. The van der Waals surface area contributed by atoms with Gasteiger partial charge < -0.3 is 11.1 Å². The molecule has 0 spiro atoms. The van der Waals surface area contributed by atoms with Crippen LogP contribution in [0.25, 0.3) is 0 Å². The Labute approximate surface area is 136 Å². The highest BCUT2D eigenvalue weighted by molar-refractivity contribution is 8.07. The monoisotopic (exact) mass is 336 g/mol. The van der Waals surface area contributed by atoms with Crippen molar-refractivity contribution in [3.05, 3.63) is 81.4 Å². The van der Waals surface area contributed by atoms with Gasteiger partial charge in [0, 0.05) is 5.75 Å². The molecule has 0 amide bonds. The van der Waals surface area contributed by atoms with Crippen LogP contribution in [-0.2, 0) is 5.75 Å². The first-order chi connectivity index (χ1) is 10.6. The van der Waals surface area contributed by atoms with Gasteiger partial charge in [0.05, 0.1) is 10.1 Å². The lowest BCUT2D eigenvalue weighted by Crippen LogP contribution is -2.11. The number of hydrogen-bond donors (Lipinski definition) is 2. The fourth-order valence-corrected chi connectivity index (χ4v) is 4.17. The number of nitrogens with one attached hydrogen (secondary N) is 1. The van der Waals surface area contributed by atoms with Gasteiger partial charge in [-0.3, -0.25) is 0 Å². The topological polar surface area (TPSA) is 38.0 Å². The summed E-state index contributed by atoms with van der Waals surface area (Å²) < 4.78 is 25.8. The minimum Gasteiger partial charge on any atom is -0.391 e. The van der Waals surface area contributed by atoms with Crippen molar-refractivity contribution >= 4 is 23.5 Å². The minimum absolute atomic E-state index is 0.00341. The van der Waals surface area contributed by atoms with Crippen LogP contribution in [0.5, 0.6) is 0 Å². The van der Waals surface area contributed by atoms with Crippen LogP contribution in [0.15, 0.2) is 58.6 Å². The summed E-state index contributed by atoms with van der Waals surface area (Å²) >= 11 is 3.09. The quantitative estimate of drug-likeness (QED) is 0.872. The molecule has 1 atom stereocenters. The van der Waals surface area contributed by atoms with E-state index < -0.39 is 0 Å². The van der Waals surface area contributed by atoms with Gasteiger partial charge in [0.2, 0.25) is 0 Å². The molecule has 0 saturated carbocycles. The summed E-state index contributed by atoms with van der Waals surface area (Å²) in [5.74, 6) is 0.219. The first-order valence-corrected chi connectivity index (χ1v) is 8.54. The molecule has 6 heteroatoms. The molecular formula is C16H14F2N2S2. The molecule has 2 nitrogen and oxygen atoms in total. The molecule has 0 radical (unpaired) electrons. The summed E-state index contributed by atoms with van der Waals surface area (Å²) in [6, 6.07) is 12.8. The van der Waals surface area contributed by atoms with Gasteiger partial charge in [-0.05, 0) is 35.4 Å². The smallest absolute Gasteiger partial charge is 0.123 e. The molecular weight excluding hydrogens is 322 g/mol. The second-order valence-corrected chi connectivity index (χ2v) is 6.93. The van der Waals surface area contributed by atoms with Gasteiger partial charge in [-0.1, -0.05) is 36.0 Å². The molecule has 2 aromatic carbocycles. The lowest BCUT2D eigenvalue weighted by atomic mass is 10.2. The lowest BCUT2D eigenvalue weighted by molar-refractivity contribution is 0.626. The second-order valence-electron chi connectivity index (χ2n) is 4.80. The van der Waals surface area contributed by atoms with Gasteiger partial charge >= 0.3 is 0 Å². The van der Waals surface area contributed by atoms with E-state index in [1.807, 2.05) is 0 Å². The van der Waals surface area contributed by atoms with E-state index in [0.717, 1.165) is 21.2 Å². The van der Waals surface area contributed by atoms with Gasteiger partial charge in [-0.25, -0.2) is 8.78 Å². The van der Waals surface area contributed by atoms with Crippen molar-refractivity contribution < 1.29 is 8.78 Å². The molecule has 1 unspecified atom stereocenters. The molecule has 3 N–H and O–H groups in total. The van der Waals surface area contributed by atoms with Crippen molar-refractivity contribution in [2.45, 2.75) is 11.1 Å². The van der Waals surface area contributed by atoms with E-state index in [1.165, 1.54) is 36.0 Å². The Balaban J connectivity index is 1.61. The molecule has 1 heterocycles. The van der Waals surface area contributed by atoms with E-state index in [2.05, 4.69) is 5.32 Å². The van der Waals surface area contributed by atoms with E-state index in [0.29, 0.717) is 5.75 Å². The number of benzene rings is 2. The fourth-order valence-electron chi connectivity index (χ4n) is 2.04. The largest absolute Gasteiger partial charge is 0.391 e. The molecule has 1 aliphatic heterocycles. The third-order valence-corrected chi connectivity index (χ3v) is 5.52. The van der Waals surface area contributed by atoms with Crippen molar-refractivity contribution in [3.8, 4) is 0 Å². The van der Waals surface area contributed by atoms with E-state index in [4.69, 9.17) is 5.73 Å². The predicted molar refractivity (Wildman–Crippen MR) is 88.8 cm³/mol. The fraction of sp³-hybridized carbons (Fsp3) is 0.125. The predicted octanol–water partition coefficient (Wildman–Crippen LogP) is 4.32. The lowest BCUT2D eigenvalue weighted by Gasteiger charge is -2.12. The van der Waals surface area contributed by atoms with Crippen LogP contribution in [-0.4, -0.2) is 0 Å². The Morgan fingerprint density at radius 2 is 1.59 bits per heavy atom. The van der Waals surface area contributed by atoms with Crippen molar-refractivity contribution in [1.29, 1.82) is 0 Å². The summed E-state index contributed by atoms with van der Waals surface area (Å²) in [6.45, 7) is 0. The molecule has 0 saturated heterocycles. The summed E-state index contributed by atoms with van der Waals surface area (Å²) in [7, 11) is 0. The van der Waals surface area contributed by atoms with Crippen LogP contribution >= 0.6 is 23.5 Å². The molecule has 3 rings (SSSR count). The normalized spacial score (nSPS) is 17.6. The zero-order valence-corrected chi connectivity index (χ0v) is 13.2.